The van der Waals surface area contributed by atoms with Gasteiger partial charge in [-0.2, -0.15) is 5.10 Å². The third kappa shape index (κ3) is 3.90. The maximum Gasteiger partial charge on any atom is 0.291 e. The van der Waals surface area contributed by atoms with E-state index in [2.05, 4.69) is 27.7 Å². The molecule has 0 spiro atoms. The zero-order valence-electron chi connectivity index (χ0n) is 19.8. The van der Waals surface area contributed by atoms with Crippen molar-refractivity contribution in [2.45, 2.75) is 33.6 Å². The van der Waals surface area contributed by atoms with Gasteiger partial charge in [0.15, 0.2) is 10.8 Å². The lowest BCUT2D eigenvalue weighted by molar-refractivity contribution is 0.100. The van der Waals surface area contributed by atoms with Gasteiger partial charge in [-0.1, -0.05) is 25.1 Å². The Bertz CT molecular complexity index is 1450. The first-order valence-corrected chi connectivity index (χ1v) is 12.4. The summed E-state index contributed by atoms with van der Waals surface area (Å²) < 4.78 is 2.97. The lowest BCUT2D eigenvalue weighted by Gasteiger charge is -2.30. The molecular weight excluding hydrogens is 448 g/mol. The number of nitrogens with zero attached hydrogens (tertiary/aromatic N) is 5. The molecule has 1 fully saturated rings. The number of amides is 1. The van der Waals surface area contributed by atoms with Crippen molar-refractivity contribution in [3.8, 4) is 11.3 Å². The zero-order chi connectivity index (χ0) is 24.0. The smallest absolute Gasteiger partial charge is 0.291 e. The standard InChI is InChI=1S/C25H28N6O2S/c1-15-8-7-11-30(13-15)25-26-21(14-34-25)20-12-16(2)31(17(20)3)28-23(32)22-18-9-5-6-10-19(18)24(33)29(4)27-22/h5-6,9-10,12,14-15H,7-8,11,13H2,1-4H3,(H,28,32). The Hall–Kier alpha value is -3.46. The van der Waals surface area contributed by atoms with Crippen LogP contribution in [0, 0.1) is 19.8 Å². The van der Waals surface area contributed by atoms with E-state index in [9.17, 15) is 9.59 Å². The highest BCUT2D eigenvalue weighted by Crippen LogP contribution is 2.33. The second-order valence-corrected chi connectivity index (χ2v) is 9.93. The molecule has 4 aromatic rings. The van der Waals surface area contributed by atoms with E-state index in [1.165, 1.54) is 17.5 Å². The monoisotopic (exact) mass is 476 g/mol. The second-order valence-electron chi connectivity index (χ2n) is 9.09. The van der Waals surface area contributed by atoms with E-state index < -0.39 is 0 Å². The SMILES string of the molecule is Cc1cc(-c2csc(N3CCCC(C)C3)n2)c(C)n1NC(=O)c1nn(C)c(=O)c2ccccc12. The summed E-state index contributed by atoms with van der Waals surface area (Å²) in [6.45, 7) is 8.30. The van der Waals surface area contributed by atoms with E-state index in [4.69, 9.17) is 4.98 Å². The number of aromatic nitrogens is 4. The average Bonchev–Trinajstić information content (AvgIpc) is 3.42. The number of fused-ring (bicyclic) bond motifs is 1. The van der Waals surface area contributed by atoms with Crippen LogP contribution < -0.4 is 15.9 Å². The second kappa shape index (κ2) is 8.72. The average molecular weight is 477 g/mol. The van der Waals surface area contributed by atoms with E-state index >= 15 is 0 Å². The Kier molecular flexibility index (Phi) is 5.73. The minimum atomic E-state index is -0.374. The molecule has 1 atom stereocenters. The molecule has 0 aliphatic carbocycles. The van der Waals surface area contributed by atoms with Crippen molar-refractivity contribution in [3.05, 3.63) is 63.1 Å². The highest BCUT2D eigenvalue weighted by atomic mass is 32.1. The lowest BCUT2D eigenvalue weighted by Crippen LogP contribution is -2.34. The van der Waals surface area contributed by atoms with Crippen LogP contribution in [0.25, 0.3) is 22.0 Å². The number of hydrogen-bond donors (Lipinski definition) is 1. The van der Waals surface area contributed by atoms with Crippen LogP contribution >= 0.6 is 11.3 Å². The van der Waals surface area contributed by atoms with Crippen molar-refractivity contribution < 1.29 is 4.79 Å². The first-order chi connectivity index (χ1) is 16.3. The Labute approximate surface area is 201 Å². The van der Waals surface area contributed by atoms with Crippen LogP contribution in [0.5, 0.6) is 0 Å². The van der Waals surface area contributed by atoms with Gasteiger partial charge in [0.2, 0.25) is 0 Å². The van der Waals surface area contributed by atoms with Crippen LogP contribution in [-0.4, -0.2) is 38.4 Å². The third-order valence-corrected chi connectivity index (χ3v) is 7.41. The largest absolute Gasteiger partial charge is 0.348 e. The molecule has 1 N–H and O–H groups in total. The Morgan fingerprint density at radius 1 is 1.21 bits per heavy atom. The third-order valence-electron chi connectivity index (χ3n) is 6.51. The number of anilines is 1. The zero-order valence-corrected chi connectivity index (χ0v) is 20.6. The van der Waals surface area contributed by atoms with E-state index in [-0.39, 0.29) is 17.2 Å². The molecule has 5 rings (SSSR count). The summed E-state index contributed by atoms with van der Waals surface area (Å²) in [5.41, 5.74) is 6.63. The minimum absolute atomic E-state index is 0.210. The summed E-state index contributed by atoms with van der Waals surface area (Å²) in [7, 11) is 1.55. The molecule has 34 heavy (non-hydrogen) atoms. The van der Waals surface area contributed by atoms with Crippen molar-refractivity contribution in [3.63, 3.8) is 0 Å². The molecule has 1 aliphatic heterocycles. The quantitative estimate of drug-likeness (QED) is 0.479. The van der Waals surface area contributed by atoms with Crippen LogP contribution in [0.15, 0.2) is 40.5 Å². The van der Waals surface area contributed by atoms with Gasteiger partial charge in [-0.3, -0.25) is 19.7 Å². The number of nitrogens with one attached hydrogen (secondary N) is 1. The van der Waals surface area contributed by atoms with Gasteiger partial charge >= 0.3 is 0 Å². The maximum atomic E-state index is 13.3. The van der Waals surface area contributed by atoms with Gasteiger partial charge in [0.1, 0.15) is 0 Å². The molecule has 3 aromatic heterocycles. The van der Waals surface area contributed by atoms with E-state index in [1.807, 2.05) is 19.9 Å². The van der Waals surface area contributed by atoms with E-state index in [0.717, 1.165) is 40.9 Å². The summed E-state index contributed by atoms with van der Waals surface area (Å²) in [6, 6.07) is 9.08. The topological polar surface area (TPSA) is 85.1 Å². The number of benzene rings is 1. The van der Waals surface area contributed by atoms with Crippen LogP contribution in [0.1, 0.15) is 41.6 Å². The van der Waals surface area contributed by atoms with Crippen molar-refractivity contribution in [1.29, 1.82) is 0 Å². The van der Waals surface area contributed by atoms with Crippen molar-refractivity contribution in [1.82, 2.24) is 19.4 Å². The normalized spacial score (nSPS) is 16.2. The molecule has 9 heteroatoms. The van der Waals surface area contributed by atoms with Gasteiger partial charge in [0, 0.05) is 47.9 Å². The van der Waals surface area contributed by atoms with Gasteiger partial charge in [0.25, 0.3) is 11.5 Å². The first-order valence-electron chi connectivity index (χ1n) is 11.5. The number of piperidine rings is 1. The fourth-order valence-electron chi connectivity index (χ4n) is 4.71. The molecule has 1 aromatic carbocycles. The summed E-state index contributed by atoms with van der Waals surface area (Å²) in [5.74, 6) is 0.310. The molecular formula is C25H28N6O2S. The molecule has 176 valence electrons. The summed E-state index contributed by atoms with van der Waals surface area (Å²) in [4.78, 5) is 33.0. The van der Waals surface area contributed by atoms with Gasteiger partial charge in [-0.15, -0.1) is 11.3 Å². The summed E-state index contributed by atoms with van der Waals surface area (Å²) >= 11 is 1.67. The number of carbonyl (C=O) groups is 1. The first kappa shape index (κ1) is 22.3. The van der Waals surface area contributed by atoms with Crippen molar-refractivity contribution >= 4 is 33.1 Å². The number of aryl methyl sites for hydroxylation is 2. The molecule has 8 nitrogen and oxygen atoms in total. The fraction of sp³-hybridized carbons (Fsp3) is 0.360. The number of thiazole rings is 1. The van der Waals surface area contributed by atoms with Crippen LogP contribution in [0.2, 0.25) is 0 Å². The molecule has 1 unspecified atom stereocenters. The van der Waals surface area contributed by atoms with Gasteiger partial charge < -0.3 is 4.90 Å². The number of hydrogen-bond acceptors (Lipinski definition) is 6. The van der Waals surface area contributed by atoms with Crippen LogP contribution in [0.3, 0.4) is 0 Å². The Morgan fingerprint density at radius 2 is 1.97 bits per heavy atom. The van der Waals surface area contributed by atoms with Gasteiger partial charge in [-0.05, 0) is 44.7 Å². The van der Waals surface area contributed by atoms with E-state index in [1.54, 1.807) is 47.3 Å². The highest BCUT2D eigenvalue weighted by Gasteiger charge is 2.22. The molecule has 0 radical (unpaired) electrons. The number of carbonyl (C=O) groups excluding carboxylic acids is 1. The van der Waals surface area contributed by atoms with Gasteiger partial charge in [-0.25, -0.2) is 9.67 Å². The van der Waals surface area contributed by atoms with Crippen LogP contribution in [0.4, 0.5) is 5.13 Å². The molecule has 0 saturated carbocycles. The fourth-order valence-corrected chi connectivity index (χ4v) is 5.58. The summed E-state index contributed by atoms with van der Waals surface area (Å²) in [6.07, 6.45) is 2.47. The molecule has 1 aliphatic rings. The van der Waals surface area contributed by atoms with E-state index in [0.29, 0.717) is 16.7 Å². The highest BCUT2D eigenvalue weighted by molar-refractivity contribution is 7.14. The predicted molar refractivity (Wildman–Crippen MR) is 136 cm³/mol. The minimum Gasteiger partial charge on any atom is -0.348 e. The summed E-state index contributed by atoms with van der Waals surface area (Å²) in [5, 5.41) is 8.38. The molecule has 4 heterocycles. The van der Waals surface area contributed by atoms with Crippen molar-refractivity contribution in [2.24, 2.45) is 13.0 Å². The molecule has 0 bridgehead atoms. The molecule has 1 saturated heterocycles. The van der Waals surface area contributed by atoms with Crippen LogP contribution in [-0.2, 0) is 7.05 Å². The number of rotatable bonds is 4. The van der Waals surface area contributed by atoms with Gasteiger partial charge in [0.05, 0.1) is 11.1 Å². The van der Waals surface area contributed by atoms with Crippen molar-refractivity contribution in [2.75, 3.05) is 23.4 Å². The Balaban J connectivity index is 1.45. The maximum absolute atomic E-state index is 13.3. The molecule has 1 amide bonds. The lowest BCUT2D eigenvalue weighted by atomic mass is 10.0. The predicted octanol–water partition coefficient (Wildman–Crippen LogP) is 4.10. The Morgan fingerprint density at radius 3 is 2.74 bits per heavy atom.